The summed E-state index contributed by atoms with van der Waals surface area (Å²) < 4.78 is 83.4. The summed E-state index contributed by atoms with van der Waals surface area (Å²) in [5.74, 6) is -3.95. The van der Waals surface area contributed by atoms with Gasteiger partial charge in [-0.25, -0.2) is 26.6 Å². The molecule has 1 saturated heterocycles. The Labute approximate surface area is 202 Å². The van der Waals surface area contributed by atoms with Crippen LogP contribution in [0.3, 0.4) is 0 Å². The van der Waals surface area contributed by atoms with Crippen LogP contribution in [-0.2, 0) is 19.1 Å². The van der Waals surface area contributed by atoms with Crippen molar-refractivity contribution in [2.24, 2.45) is 0 Å². The number of hydrogen-bond acceptors (Lipinski definition) is 9. The number of sulfone groups is 1. The third-order valence-corrected chi connectivity index (χ3v) is 9.62. The number of fused-ring (bicyclic) bond motifs is 1. The second-order valence-electron chi connectivity index (χ2n) is 8.70. The first-order valence-electron chi connectivity index (χ1n) is 10.4. The molecule has 0 spiro atoms. The molecule has 36 heavy (non-hydrogen) atoms. The number of aliphatic hydroxyl groups is 1. The Morgan fingerprint density at radius 1 is 1.31 bits per heavy atom. The minimum atomic E-state index is -4.96. The van der Waals surface area contributed by atoms with Gasteiger partial charge < -0.3 is 29.5 Å². The molecular formula is C19H19F3N5O7PS. The molecule has 4 atom stereocenters. The normalized spacial score (nSPS) is 26.3. The molecule has 0 amide bonds. The van der Waals surface area contributed by atoms with Gasteiger partial charge in [0.05, 0.1) is 11.4 Å². The maximum absolute atomic E-state index is 15.0. The quantitative estimate of drug-likeness (QED) is 0.361. The third-order valence-electron chi connectivity index (χ3n) is 5.87. The average molecular weight is 549 g/mol. The van der Waals surface area contributed by atoms with Crippen LogP contribution in [0.5, 0.6) is 0 Å². The lowest BCUT2D eigenvalue weighted by atomic mass is 9.87. The maximum Gasteiger partial charge on any atom is 0.340 e. The number of aromatic nitrogens is 2. The number of anilines is 1. The highest BCUT2D eigenvalue weighted by Gasteiger charge is 2.48. The van der Waals surface area contributed by atoms with Gasteiger partial charge in [-0.1, -0.05) is 0 Å². The number of hydrogen-bond donors (Lipinski definition) is 4. The number of nitrogens with one attached hydrogen (secondary N) is 1. The zero-order valence-corrected chi connectivity index (χ0v) is 19.8. The van der Waals surface area contributed by atoms with E-state index < -0.39 is 78.1 Å². The highest BCUT2D eigenvalue weighted by molar-refractivity contribution is 7.97. The van der Waals surface area contributed by atoms with Crippen molar-refractivity contribution in [1.82, 2.24) is 9.55 Å². The molecule has 3 heterocycles. The Morgan fingerprint density at radius 2 is 1.97 bits per heavy atom. The molecule has 0 radical (unpaired) electrons. The molecule has 1 aliphatic carbocycles. The van der Waals surface area contributed by atoms with Gasteiger partial charge in [-0.05, 0) is 6.07 Å². The minimum Gasteiger partial charge on any atom is -0.387 e. The lowest BCUT2D eigenvalue weighted by molar-refractivity contribution is -0.0793. The predicted molar refractivity (Wildman–Crippen MR) is 116 cm³/mol. The van der Waals surface area contributed by atoms with E-state index in [1.54, 1.807) is 6.07 Å². The standard InChI is InChI=1S/C19H19F3N5O7PS/c20-14-16(28)13(7-36(32,33)8-35(29,30)31)34-18(14)27-2-1-10-15(25-9-3-19(21,22)4-9)11(5-23)12(6-24)26-17(10)27/h1-2,9,13-14,16,18,28H,3-4,7-8H2,(H,25,26)(H2,29,30,31)/t13-,14+,16-,18-/m1/s1. The van der Waals surface area contributed by atoms with Gasteiger partial charge in [-0.2, -0.15) is 10.5 Å². The van der Waals surface area contributed by atoms with Crippen LogP contribution in [0.1, 0.15) is 30.3 Å². The summed E-state index contributed by atoms with van der Waals surface area (Å²) in [6.07, 6.45) is -7.28. The van der Waals surface area contributed by atoms with Gasteiger partial charge in [0.2, 0.25) is 0 Å². The lowest BCUT2D eigenvalue weighted by Gasteiger charge is -2.36. The summed E-state index contributed by atoms with van der Waals surface area (Å²) >= 11 is 0. The second-order valence-corrected chi connectivity index (χ2v) is 12.9. The average Bonchev–Trinajstić information content (AvgIpc) is 3.26. The van der Waals surface area contributed by atoms with Crippen molar-refractivity contribution in [2.45, 2.75) is 49.4 Å². The van der Waals surface area contributed by atoms with Crippen LogP contribution in [0.25, 0.3) is 11.0 Å². The first-order chi connectivity index (χ1) is 16.6. The maximum atomic E-state index is 15.0. The summed E-state index contributed by atoms with van der Waals surface area (Å²) in [7, 11) is -9.41. The summed E-state index contributed by atoms with van der Waals surface area (Å²) in [4.78, 5) is 21.9. The Morgan fingerprint density at radius 3 is 2.53 bits per heavy atom. The molecule has 17 heteroatoms. The van der Waals surface area contributed by atoms with E-state index in [0.717, 1.165) is 4.57 Å². The molecule has 4 rings (SSSR count). The summed E-state index contributed by atoms with van der Waals surface area (Å²) in [5.41, 5.74) is -2.16. The largest absolute Gasteiger partial charge is 0.387 e. The fourth-order valence-electron chi connectivity index (χ4n) is 4.30. The number of alkyl halides is 3. The van der Waals surface area contributed by atoms with E-state index in [1.165, 1.54) is 12.3 Å². The number of nitrogens with zero attached hydrogens (tertiary/aromatic N) is 4. The van der Waals surface area contributed by atoms with Gasteiger partial charge in [0.1, 0.15) is 35.6 Å². The fourth-order valence-corrected chi connectivity index (χ4v) is 7.55. The molecule has 12 nitrogen and oxygen atoms in total. The number of pyridine rings is 1. The molecule has 1 aliphatic heterocycles. The number of halogens is 3. The highest BCUT2D eigenvalue weighted by Crippen LogP contribution is 2.42. The molecule has 0 unspecified atom stereocenters. The number of aliphatic hydroxyl groups excluding tert-OH is 1. The molecule has 2 aliphatic rings. The van der Waals surface area contributed by atoms with Crippen LogP contribution in [0.15, 0.2) is 12.3 Å². The Kier molecular flexibility index (Phi) is 6.58. The monoisotopic (exact) mass is 549 g/mol. The van der Waals surface area contributed by atoms with Crippen molar-refractivity contribution in [3.05, 3.63) is 23.5 Å². The Hall–Kier alpha value is -2.72. The first kappa shape index (κ1) is 26.3. The van der Waals surface area contributed by atoms with Gasteiger partial charge in [-0.3, -0.25) is 4.57 Å². The van der Waals surface area contributed by atoms with E-state index in [4.69, 9.17) is 14.5 Å². The van der Waals surface area contributed by atoms with E-state index >= 15 is 4.39 Å². The lowest BCUT2D eigenvalue weighted by Crippen LogP contribution is -2.44. The molecule has 0 aromatic carbocycles. The molecule has 2 aromatic heterocycles. The molecule has 2 fully saturated rings. The molecule has 1 saturated carbocycles. The zero-order chi connectivity index (χ0) is 26.6. The van der Waals surface area contributed by atoms with Crippen molar-refractivity contribution in [1.29, 1.82) is 10.5 Å². The van der Waals surface area contributed by atoms with E-state index in [9.17, 15) is 37.4 Å². The van der Waals surface area contributed by atoms with Crippen molar-refractivity contribution in [3.8, 4) is 12.1 Å². The van der Waals surface area contributed by atoms with Gasteiger partial charge in [-0.15, -0.1) is 0 Å². The Bertz CT molecular complexity index is 1440. The smallest absolute Gasteiger partial charge is 0.340 e. The van der Waals surface area contributed by atoms with E-state index in [0.29, 0.717) is 0 Å². The number of ether oxygens (including phenoxy) is 1. The van der Waals surface area contributed by atoms with Gasteiger partial charge in [0.15, 0.2) is 33.4 Å². The zero-order valence-electron chi connectivity index (χ0n) is 18.1. The molecule has 0 bridgehead atoms. The highest BCUT2D eigenvalue weighted by atomic mass is 32.2. The minimum absolute atomic E-state index is 0.0352. The molecular weight excluding hydrogens is 530 g/mol. The van der Waals surface area contributed by atoms with Crippen molar-refractivity contribution < 1.29 is 45.8 Å². The van der Waals surface area contributed by atoms with Crippen LogP contribution in [0, 0.1) is 22.7 Å². The van der Waals surface area contributed by atoms with Crippen LogP contribution < -0.4 is 5.32 Å². The first-order valence-corrected chi connectivity index (χ1v) is 14.0. The van der Waals surface area contributed by atoms with E-state index in [-0.39, 0.29) is 28.0 Å². The summed E-state index contributed by atoms with van der Waals surface area (Å²) in [6, 6.07) is 4.19. The van der Waals surface area contributed by atoms with Crippen LogP contribution >= 0.6 is 7.60 Å². The van der Waals surface area contributed by atoms with Gasteiger partial charge in [0.25, 0.3) is 5.92 Å². The molecule has 194 valence electrons. The van der Waals surface area contributed by atoms with Crippen LogP contribution in [-0.4, -0.2) is 74.5 Å². The third kappa shape index (κ3) is 5.06. The fraction of sp³-hybridized carbons (Fsp3) is 0.526. The molecule has 2 aromatic rings. The van der Waals surface area contributed by atoms with Crippen molar-refractivity contribution in [3.63, 3.8) is 0 Å². The van der Waals surface area contributed by atoms with Crippen LogP contribution in [0.4, 0.5) is 18.9 Å². The SMILES string of the molecule is N#Cc1nc2c(ccn2[C@@H]2O[C@H](CS(=O)(=O)CP(=O)(O)O)[C@@H](O)[C@@H]2F)c(NC2CC(F)(F)C2)c1C#N. The second kappa shape index (κ2) is 8.99. The predicted octanol–water partition coefficient (Wildman–Crippen LogP) is 1.14. The van der Waals surface area contributed by atoms with Gasteiger partial charge in [0, 0.05) is 30.5 Å². The summed E-state index contributed by atoms with van der Waals surface area (Å²) in [5, 5.41) is 32.2. The van der Waals surface area contributed by atoms with Crippen LogP contribution in [0.2, 0.25) is 0 Å². The van der Waals surface area contributed by atoms with Crippen molar-refractivity contribution >= 4 is 34.2 Å². The van der Waals surface area contributed by atoms with E-state index in [1.807, 2.05) is 6.07 Å². The Balaban J connectivity index is 1.69. The summed E-state index contributed by atoms with van der Waals surface area (Å²) in [6.45, 7) is 0. The van der Waals surface area contributed by atoms with Crippen molar-refractivity contribution in [2.75, 3.05) is 16.6 Å². The number of nitriles is 2. The van der Waals surface area contributed by atoms with E-state index in [2.05, 4.69) is 10.3 Å². The van der Waals surface area contributed by atoms with Gasteiger partial charge >= 0.3 is 7.60 Å². The topological polar surface area (TPSA) is 199 Å². The molecule has 4 N–H and O–H groups in total. The number of rotatable bonds is 7.